The third kappa shape index (κ3) is 4.57. The largest absolute Gasteiger partial charge is 0.465 e. The number of carbonyl (C=O) groups is 1. The first-order chi connectivity index (χ1) is 8.54. The van der Waals surface area contributed by atoms with E-state index in [2.05, 4.69) is 10.5 Å². The average molecular weight is 262 g/mol. The Morgan fingerprint density at radius 3 is 2.67 bits per heavy atom. The lowest BCUT2D eigenvalue weighted by molar-refractivity contribution is -0.134. The number of hydrogen-bond acceptors (Lipinski definition) is 2. The molecule has 0 radical (unpaired) electrons. The summed E-state index contributed by atoms with van der Waals surface area (Å²) in [5.74, 6) is -0.959. The van der Waals surface area contributed by atoms with Gasteiger partial charge in [0.25, 0.3) is 0 Å². The van der Waals surface area contributed by atoms with Crippen LogP contribution < -0.4 is 0 Å². The summed E-state index contributed by atoms with van der Waals surface area (Å²) in [4.78, 5) is 10.7. The normalized spacial score (nSPS) is 32.0. The van der Waals surface area contributed by atoms with E-state index < -0.39 is 30.4 Å². The molecule has 0 aromatic heterocycles. The van der Waals surface area contributed by atoms with E-state index in [1.165, 1.54) is 13.2 Å². The highest BCUT2D eigenvalue weighted by Crippen LogP contribution is 2.31. The molecule has 0 aromatic carbocycles. The number of carbonyl (C=O) groups excluding carboxylic acids is 1. The standard InChI is InChI=1S/C13H17F3O2/c1-18-13(17)5-3-2-4-9-6-7-10(14)12(16)8-11(9)15/h2,5,9-12H,4,6-8H2,1H3. The number of hydrogen-bond donors (Lipinski definition) is 0. The second-order valence-corrected chi connectivity index (χ2v) is 4.40. The molecule has 2 nitrogen and oxygen atoms in total. The van der Waals surface area contributed by atoms with E-state index in [0.717, 1.165) is 6.08 Å². The molecule has 0 amide bonds. The van der Waals surface area contributed by atoms with E-state index in [0.29, 0.717) is 12.8 Å². The predicted molar refractivity (Wildman–Crippen MR) is 61.3 cm³/mol. The van der Waals surface area contributed by atoms with Crippen molar-refractivity contribution in [3.05, 3.63) is 17.9 Å². The fraction of sp³-hybridized carbons (Fsp3) is 0.692. The average Bonchev–Trinajstić information content (AvgIpc) is 2.46. The van der Waals surface area contributed by atoms with Gasteiger partial charge in [-0.1, -0.05) is 0 Å². The molecule has 1 saturated carbocycles. The topological polar surface area (TPSA) is 26.3 Å². The summed E-state index contributed by atoms with van der Waals surface area (Å²) >= 11 is 0. The van der Waals surface area contributed by atoms with Gasteiger partial charge in [-0.25, -0.2) is 18.0 Å². The summed E-state index contributed by atoms with van der Waals surface area (Å²) in [5, 5.41) is 0. The highest BCUT2D eigenvalue weighted by molar-refractivity contribution is 5.81. The summed E-state index contributed by atoms with van der Waals surface area (Å²) in [6.45, 7) is 0. The number of ether oxygens (including phenoxy) is 1. The first-order valence-corrected chi connectivity index (χ1v) is 5.95. The van der Waals surface area contributed by atoms with Crippen LogP contribution in [0.4, 0.5) is 13.2 Å². The van der Waals surface area contributed by atoms with Gasteiger partial charge in [-0.15, -0.1) is 5.73 Å². The minimum absolute atomic E-state index is 0.0425. The molecular formula is C13H17F3O2. The van der Waals surface area contributed by atoms with Gasteiger partial charge in [0.05, 0.1) is 13.2 Å². The van der Waals surface area contributed by atoms with Crippen LogP contribution in [0.3, 0.4) is 0 Å². The second kappa shape index (κ2) is 7.27. The first-order valence-electron chi connectivity index (χ1n) is 5.95. The molecule has 1 rings (SSSR count). The van der Waals surface area contributed by atoms with Crippen molar-refractivity contribution in [3.63, 3.8) is 0 Å². The van der Waals surface area contributed by atoms with Crippen LogP contribution >= 0.6 is 0 Å². The zero-order chi connectivity index (χ0) is 13.5. The number of alkyl halides is 3. The van der Waals surface area contributed by atoms with Crippen LogP contribution in [0.1, 0.15) is 25.7 Å². The zero-order valence-corrected chi connectivity index (χ0v) is 10.2. The lowest BCUT2D eigenvalue weighted by Gasteiger charge is -2.15. The zero-order valence-electron chi connectivity index (χ0n) is 10.2. The molecule has 4 atom stereocenters. The van der Waals surface area contributed by atoms with Crippen molar-refractivity contribution in [1.82, 2.24) is 0 Å². The Morgan fingerprint density at radius 2 is 2.00 bits per heavy atom. The molecule has 102 valence electrons. The summed E-state index contributed by atoms with van der Waals surface area (Å²) in [7, 11) is 1.24. The molecule has 1 fully saturated rings. The Kier molecular flexibility index (Phi) is 5.99. The van der Waals surface area contributed by atoms with E-state index in [-0.39, 0.29) is 12.8 Å². The SMILES string of the molecule is COC(=O)C=C=CCC1CCC(F)C(F)CC1F. The van der Waals surface area contributed by atoms with Crippen molar-refractivity contribution in [3.8, 4) is 0 Å². The fourth-order valence-corrected chi connectivity index (χ4v) is 1.96. The number of rotatable bonds is 3. The molecule has 1 aliphatic carbocycles. The van der Waals surface area contributed by atoms with E-state index >= 15 is 0 Å². The van der Waals surface area contributed by atoms with Crippen molar-refractivity contribution in [1.29, 1.82) is 0 Å². The van der Waals surface area contributed by atoms with Crippen molar-refractivity contribution < 1.29 is 22.7 Å². The maximum Gasteiger partial charge on any atom is 0.338 e. The highest BCUT2D eigenvalue weighted by Gasteiger charge is 2.33. The van der Waals surface area contributed by atoms with Gasteiger partial charge in [-0.2, -0.15) is 0 Å². The monoisotopic (exact) mass is 262 g/mol. The lowest BCUT2D eigenvalue weighted by Crippen LogP contribution is -2.19. The van der Waals surface area contributed by atoms with Gasteiger partial charge < -0.3 is 4.74 Å². The number of halogens is 3. The molecule has 0 bridgehead atoms. The fourth-order valence-electron chi connectivity index (χ4n) is 1.96. The van der Waals surface area contributed by atoms with E-state index in [1.54, 1.807) is 0 Å². The van der Waals surface area contributed by atoms with E-state index in [1.807, 2.05) is 0 Å². The van der Waals surface area contributed by atoms with Crippen molar-refractivity contribution in [2.75, 3.05) is 7.11 Å². The third-order valence-electron chi connectivity index (χ3n) is 3.11. The first kappa shape index (κ1) is 14.8. The molecule has 0 aromatic rings. The van der Waals surface area contributed by atoms with Crippen molar-refractivity contribution in [2.45, 2.75) is 44.2 Å². The van der Waals surface area contributed by atoms with Crippen LogP contribution in [0.25, 0.3) is 0 Å². The van der Waals surface area contributed by atoms with Gasteiger partial charge in [-0.3, -0.25) is 0 Å². The Hall–Kier alpha value is -1.22. The molecule has 0 N–H and O–H groups in total. The summed E-state index contributed by atoms with van der Waals surface area (Å²) < 4.78 is 44.2. The maximum atomic E-state index is 13.6. The minimum Gasteiger partial charge on any atom is -0.465 e. The molecule has 0 spiro atoms. The quantitative estimate of drug-likeness (QED) is 0.338. The van der Waals surface area contributed by atoms with Crippen LogP contribution in [0.5, 0.6) is 0 Å². The van der Waals surface area contributed by atoms with Gasteiger partial charge in [0.2, 0.25) is 0 Å². The smallest absolute Gasteiger partial charge is 0.338 e. The molecule has 1 aliphatic rings. The Labute approximate surface area is 105 Å². The Bertz CT molecular complexity index is 337. The van der Waals surface area contributed by atoms with E-state index in [4.69, 9.17) is 0 Å². The van der Waals surface area contributed by atoms with Crippen LogP contribution in [0.2, 0.25) is 0 Å². The molecule has 0 heterocycles. The van der Waals surface area contributed by atoms with E-state index in [9.17, 15) is 18.0 Å². The summed E-state index contributed by atoms with van der Waals surface area (Å²) in [6, 6.07) is 0. The van der Waals surface area contributed by atoms with Gasteiger partial charge in [-0.05, 0) is 31.3 Å². The number of esters is 1. The summed E-state index contributed by atoms with van der Waals surface area (Å²) in [5.41, 5.74) is 2.57. The molecule has 0 aliphatic heterocycles. The van der Waals surface area contributed by atoms with Crippen molar-refractivity contribution in [2.24, 2.45) is 5.92 Å². The van der Waals surface area contributed by atoms with Gasteiger partial charge >= 0.3 is 5.97 Å². The molecule has 18 heavy (non-hydrogen) atoms. The van der Waals surface area contributed by atoms with Gasteiger partial charge in [0.1, 0.15) is 18.5 Å². The highest BCUT2D eigenvalue weighted by atomic mass is 19.2. The van der Waals surface area contributed by atoms with Gasteiger partial charge in [0, 0.05) is 6.42 Å². The lowest BCUT2D eigenvalue weighted by atomic mass is 9.95. The van der Waals surface area contributed by atoms with Crippen LogP contribution in [-0.2, 0) is 9.53 Å². The van der Waals surface area contributed by atoms with Crippen LogP contribution in [0.15, 0.2) is 17.9 Å². The molecule has 0 saturated heterocycles. The predicted octanol–water partition coefficient (Wildman–Crippen LogP) is 3.08. The van der Waals surface area contributed by atoms with Crippen LogP contribution in [-0.4, -0.2) is 31.6 Å². The van der Waals surface area contributed by atoms with Crippen molar-refractivity contribution >= 4 is 5.97 Å². The third-order valence-corrected chi connectivity index (χ3v) is 3.11. The minimum atomic E-state index is -1.71. The van der Waals surface area contributed by atoms with Crippen LogP contribution in [0, 0.1) is 5.92 Å². The summed E-state index contributed by atoms with van der Waals surface area (Å²) in [6.07, 6.45) is -1.76. The van der Waals surface area contributed by atoms with Gasteiger partial charge in [0.15, 0.2) is 0 Å². The maximum absolute atomic E-state index is 13.6. The molecule has 5 heteroatoms. The Morgan fingerprint density at radius 1 is 1.28 bits per heavy atom. The number of methoxy groups -OCH3 is 1. The molecule has 4 unspecified atom stereocenters. The second-order valence-electron chi connectivity index (χ2n) is 4.40. The Balaban J connectivity index is 2.51. The molecular weight excluding hydrogens is 245 g/mol.